The van der Waals surface area contributed by atoms with E-state index in [4.69, 9.17) is 4.74 Å². The molecule has 2 rings (SSSR count). The summed E-state index contributed by atoms with van der Waals surface area (Å²) < 4.78 is 5.40. The van der Waals surface area contributed by atoms with Gasteiger partial charge < -0.3 is 15.2 Å². The third-order valence-corrected chi connectivity index (χ3v) is 4.39. The second-order valence-electron chi connectivity index (χ2n) is 5.13. The maximum atomic E-state index is 12.2. The Morgan fingerprint density at radius 3 is 3.05 bits per heavy atom. The molecule has 2 heterocycles. The van der Waals surface area contributed by atoms with Crippen LogP contribution in [0, 0.1) is 0 Å². The minimum Gasteiger partial charge on any atom is -0.498 e. The molecule has 1 aliphatic rings. The van der Waals surface area contributed by atoms with Crippen molar-refractivity contribution in [1.82, 2.24) is 5.32 Å². The monoisotopic (exact) mass is 295 g/mol. The van der Waals surface area contributed by atoms with E-state index in [1.165, 1.54) is 11.3 Å². The van der Waals surface area contributed by atoms with Gasteiger partial charge in [0, 0.05) is 10.9 Å². The smallest absolute Gasteiger partial charge is 0.250 e. The lowest BCUT2D eigenvalue weighted by Crippen LogP contribution is -2.35. The largest absolute Gasteiger partial charge is 0.498 e. The molecule has 2 atom stereocenters. The lowest BCUT2D eigenvalue weighted by atomic mass is 10.0. The zero-order chi connectivity index (χ0) is 14.5. The number of aliphatic hydroxyl groups excluding tert-OH is 1. The molecule has 110 valence electrons. The maximum absolute atomic E-state index is 12.2. The number of allylic oxidation sites excluding steroid dienone is 1. The number of amides is 1. The molecule has 2 N–H and O–H groups in total. The Bertz CT molecular complexity index is 481. The molecule has 4 nitrogen and oxygen atoms in total. The molecule has 20 heavy (non-hydrogen) atoms. The molecule has 1 amide bonds. The summed E-state index contributed by atoms with van der Waals surface area (Å²) in [4.78, 5) is 13.1. The number of carbonyl (C=O) groups is 1. The number of nitrogens with one attached hydrogen (secondary N) is 1. The van der Waals surface area contributed by atoms with Crippen LogP contribution in [0.5, 0.6) is 0 Å². The predicted molar refractivity (Wildman–Crippen MR) is 79.4 cm³/mol. The maximum Gasteiger partial charge on any atom is 0.250 e. The third-order valence-electron chi connectivity index (χ3n) is 3.41. The van der Waals surface area contributed by atoms with E-state index < -0.39 is 6.10 Å². The fourth-order valence-corrected chi connectivity index (χ4v) is 3.04. The first-order valence-corrected chi connectivity index (χ1v) is 7.80. The molecule has 2 unspecified atom stereocenters. The van der Waals surface area contributed by atoms with Crippen LogP contribution < -0.4 is 5.32 Å². The fourth-order valence-electron chi connectivity index (χ4n) is 2.31. The number of hydrogen-bond acceptors (Lipinski definition) is 4. The van der Waals surface area contributed by atoms with Gasteiger partial charge in [-0.05, 0) is 44.6 Å². The van der Waals surface area contributed by atoms with Crippen LogP contribution in [0.1, 0.15) is 44.1 Å². The highest BCUT2D eigenvalue weighted by molar-refractivity contribution is 7.10. The average molecular weight is 295 g/mol. The standard InChI is InChI=1S/C15H21NO3S/c1-10(9-13(17)14-6-4-8-20-14)16-15(18)12-5-3-7-19-11(12)2/h4,6,8,10,13,17H,3,5,7,9H2,1-2H3,(H,16,18). The minimum atomic E-state index is -0.525. The molecule has 1 aromatic rings. The van der Waals surface area contributed by atoms with Crippen molar-refractivity contribution in [1.29, 1.82) is 0 Å². The van der Waals surface area contributed by atoms with Gasteiger partial charge in [-0.3, -0.25) is 4.79 Å². The quantitative estimate of drug-likeness (QED) is 0.878. The highest BCUT2D eigenvalue weighted by Crippen LogP contribution is 2.23. The highest BCUT2D eigenvalue weighted by Gasteiger charge is 2.21. The number of rotatable bonds is 5. The van der Waals surface area contributed by atoms with Gasteiger partial charge in [0.25, 0.3) is 5.91 Å². The molecule has 0 aliphatic carbocycles. The number of hydrogen-bond donors (Lipinski definition) is 2. The topological polar surface area (TPSA) is 58.6 Å². The van der Waals surface area contributed by atoms with Gasteiger partial charge >= 0.3 is 0 Å². The van der Waals surface area contributed by atoms with Crippen molar-refractivity contribution < 1.29 is 14.6 Å². The highest BCUT2D eigenvalue weighted by atomic mass is 32.1. The molecular weight excluding hydrogens is 274 g/mol. The van der Waals surface area contributed by atoms with E-state index in [9.17, 15) is 9.90 Å². The van der Waals surface area contributed by atoms with Gasteiger partial charge in [-0.25, -0.2) is 0 Å². The predicted octanol–water partition coefficient (Wildman–Crippen LogP) is 2.76. The Morgan fingerprint density at radius 2 is 2.40 bits per heavy atom. The van der Waals surface area contributed by atoms with Gasteiger partial charge in [-0.2, -0.15) is 0 Å². The molecule has 0 aromatic carbocycles. The Morgan fingerprint density at radius 1 is 1.60 bits per heavy atom. The van der Waals surface area contributed by atoms with Crippen molar-refractivity contribution >= 4 is 17.2 Å². The zero-order valence-corrected chi connectivity index (χ0v) is 12.7. The van der Waals surface area contributed by atoms with Crippen molar-refractivity contribution in [2.45, 2.75) is 45.3 Å². The molecule has 0 saturated heterocycles. The SMILES string of the molecule is CC1=C(C(=O)NC(C)CC(O)c2cccs2)CCCO1. The van der Waals surface area contributed by atoms with Gasteiger partial charge in [-0.15, -0.1) is 11.3 Å². The molecular formula is C15H21NO3S. The second-order valence-corrected chi connectivity index (χ2v) is 6.11. The summed E-state index contributed by atoms with van der Waals surface area (Å²) in [5, 5.41) is 15.0. The van der Waals surface area contributed by atoms with E-state index in [1.807, 2.05) is 31.4 Å². The van der Waals surface area contributed by atoms with Gasteiger partial charge in [0.2, 0.25) is 0 Å². The lowest BCUT2D eigenvalue weighted by molar-refractivity contribution is -0.118. The first kappa shape index (κ1) is 15.1. The first-order valence-electron chi connectivity index (χ1n) is 6.93. The van der Waals surface area contributed by atoms with Gasteiger partial charge in [0.05, 0.1) is 18.3 Å². The normalized spacial score (nSPS) is 18.4. The van der Waals surface area contributed by atoms with Crippen LogP contribution in [0.3, 0.4) is 0 Å². The van der Waals surface area contributed by atoms with E-state index in [2.05, 4.69) is 5.32 Å². The number of ether oxygens (including phenoxy) is 1. The molecule has 0 radical (unpaired) electrons. The van der Waals surface area contributed by atoms with Crippen molar-refractivity contribution in [2.75, 3.05) is 6.61 Å². The average Bonchev–Trinajstić information content (AvgIpc) is 2.92. The summed E-state index contributed by atoms with van der Waals surface area (Å²) in [5.41, 5.74) is 0.730. The molecule has 0 saturated carbocycles. The van der Waals surface area contributed by atoms with E-state index in [0.717, 1.165) is 29.1 Å². The van der Waals surface area contributed by atoms with Gasteiger partial charge in [0.1, 0.15) is 5.76 Å². The van der Waals surface area contributed by atoms with E-state index >= 15 is 0 Å². The van der Waals surface area contributed by atoms with Crippen molar-refractivity contribution in [3.05, 3.63) is 33.7 Å². The third kappa shape index (κ3) is 3.84. The molecule has 1 aliphatic heterocycles. The molecule has 0 bridgehead atoms. The van der Waals surface area contributed by atoms with E-state index in [0.29, 0.717) is 13.0 Å². The Hall–Kier alpha value is -1.33. The van der Waals surface area contributed by atoms with Crippen LogP contribution in [0.4, 0.5) is 0 Å². The summed E-state index contributed by atoms with van der Waals surface area (Å²) in [6.45, 7) is 4.43. The Balaban J connectivity index is 1.88. The van der Waals surface area contributed by atoms with Gasteiger partial charge in [0.15, 0.2) is 0 Å². The summed E-state index contributed by atoms with van der Waals surface area (Å²) in [6, 6.07) is 3.74. The van der Waals surface area contributed by atoms with Crippen molar-refractivity contribution in [3.8, 4) is 0 Å². The van der Waals surface area contributed by atoms with Crippen LogP contribution in [0.2, 0.25) is 0 Å². The molecule has 0 spiro atoms. The summed E-state index contributed by atoms with van der Waals surface area (Å²) >= 11 is 1.53. The zero-order valence-electron chi connectivity index (χ0n) is 11.9. The van der Waals surface area contributed by atoms with E-state index in [-0.39, 0.29) is 11.9 Å². The van der Waals surface area contributed by atoms with E-state index in [1.54, 1.807) is 0 Å². The Labute approximate surface area is 123 Å². The summed E-state index contributed by atoms with van der Waals surface area (Å²) in [6.07, 6.45) is 1.63. The molecule has 1 aromatic heterocycles. The van der Waals surface area contributed by atoms with Crippen LogP contribution in [-0.4, -0.2) is 23.7 Å². The lowest BCUT2D eigenvalue weighted by Gasteiger charge is -2.21. The van der Waals surface area contributed by atoms with Crippen LogP contribution in [-0.2, 0) is 9.53 Å². The second kappa shape index (κ2) is 6.90. The fraction of sp³-hybridized carbons (Fsp3) is 0.533. The van der Waals surface area contributed by atoms with Crippen LogP contribution >= 0.6 is 11.3 Å². The molecule has 5 heteroatoms. The first-order chi connectivity index (χ1) is 9.58. The number of carbonyl (C=O) groups excluding carboxylic acids is 1. The van der Waals surface area contributed by atoms with Crippen molar-refractivity contribution in [2.24, 2.45) is 0 Å². The number of aliphatic hydroxyl groups is 1. The number of thiophene rings is 1. The summed E-state index contributed by atoms with van der Waals surface area (Å²) in [5.74, 6) is 0.646. The van der Waals surface area contributed by atoms with Crippen molar-refractivity contribution in [3.63, 3.8) is 0 Å². The summed E-state index contributed by atoms with van der Waals surface area (Å²) in [7, 11) is 0. The van der Waals surface area contributed by atoms with Crippen LogP contribution in [0.15, 0.2) is 28.8 Å². The van der Waals surface area contributed by atoms with Gasteiger partial charge in [-0.1, -0.05) is 6.07 Å². The van der Waals surface area contributed by atoms with Crippen LogP contribution in [0.25, 0.3) is 0 Å². The Kier molecular flexibility index (Phi) is 5.20. The minimum absolute atomic E-state index is 0.0759. The molecule has 0 fully saturated rings.